The van der Waals surface area contributed by atoms with Crippen molar-refractivity contribution in [3.8, 4) is 0 Å². The van der Waals surface area contributed by atoms with Crippen molar-refractivity contribution in [3.63, 3.8) is 0 Å². The molecule has 0 radical (unpaired) electrons. The Morgan fingerprint density at radius 3 is 2.25 bits per heavy atom. The van der Waals surface area contributed by atoms with Gasteiger partial charge in [-0.05, 0) is 5.56 Å². The minimum Gasteiger partial charge on any atom is -0.253 e. The number of halogens is 7. The first-order chi connectivity index (χ1) is 7.29. The topological polar surface area (TPSA) is 12.9 Å². The van der Waals surface area contributed by atoms with Crippen LogP contribution >= 0.6 is 23.2 Å². The summed E-state index contributed by atoms with van der Waals surface area (Å²) in [6.07, 6.45) is -7.35. The van der Waals surface area contributed by atoms with Gasteiger partial charge < -0.3 is 0 Å². The molecule has 90 valence electrons. The minimum absolute atomic E-state index is 0.427. The Bertz CT molecular complexity index is 391. The maximum Gasteiger partial charge on any atom is 0.418 e. The third kappa shape index (κ3) is 2.55. The number of pyridine rings is 1. The number of alkyl halides is 6. The molecule has 1 aromatic heterocycles. The van der Waals surface area contributed by atoms with Gasteiger partial charge in [-0.3, -0.25) is 4.98 Å². The summed E-state index contributed by atoms with van der Waals surface area (Å²) in [5, 5.41) is -1.10. The van der Waals surface area contributed by atoms with Gasteiger partial charge in [-0.15, -0.1) is 11.6 Å². The lowest BCUT2D eigenvalue weighted by Crippen LogP contribution is -2.12. The Morgan fingerprint density at radius 2 is 1.88 bits per heavy atom. The molecule has 0 aliphatic rings. The largest absolute Gasteiger partial charge is 0.418 e. The van der Waals surface area contributed by atoms with Crippen LogP contribution in [-0.2, 0) is 12.1 Å². The smallest absolute Gasteiger partial charge is 0.253 e. The zero-order valence-corrected chi connectivity index (χ0v) is 8.97. The zero-order chi connectivity index (χ0) is 12.5. The van der Waals surface area contributed by atoms with Crippen LogP contribution in [0.2, 0.25) is 5.02 Å². The lowest BCUT2D eigenvalue weighted by Gasteiger charge is -2.14. The third-order valence-electron chi connectivity index (χ3n) is 1.76. The monoisotopic (exact) mass is 279 g/mol. The van der Waals surface area contributed by atoms with E-state index in [2.05, 4.69) is 4.98 Å². The van der Waals surface area contributed by atoms with E-state index in [1.165, 1.54) is 0 Å². The summed E-state index contributed by atoms with van der Waals surface area (Å²) < 4.78 is 62.1. The number of aromatic nitrogens is 1. The molecule has 0 saturated heterocycles. The quantitative estimate of drug-likeness (QED) is 0.576. The molecule has 0 aliphatic carbocycles. The molecule has 0 unspecified atom stereocenters. The van der Waals surface area contributed by atoms with Gasteiger partial charge in [0.05, 0.1) is 10.6 Å². The first kappa shape index (κ1) is 13.4. The lowest BCUT2D eigenvalue weighted by molar-refractivity contribution is -0.138. The molecule has 1 aromatic rings. The van der Waals surface area contributed by atoms with Crippen LogP contribution in [0.15, 0.2) is 6.20 Å². The summed E-state index contributed by atoms with van der Waals surface area (Å²) in [5.41, 5.74) is -2.87. The molecular formula is C8H4Cl2F5N. The SMILES string of the molecule is FC(F)c1ncc(CCl)c(C(F)(F)F)c1Cl. The average molecular weight is 280 g/mol. The lowest BCUT2D eigenvalue weighted by atomic mass is 10.1. The molecule has 0 N–H and O–H groups in total. The highest BCUT2D eigenvalue weighted by atomic mass is 35.5. The Hall–Kier alpha value is -0.620. The van der Waals surface area contributed by atoms with Crippen molar-refractivity contribution in [1.82, 2.24) is 4.98 Å². The first-order valence-electron chi connectivity index (χ1n) is 3.87. The molecular weight excluding hydrogens is 276 g/mol. The van der Waals surface area contributed by atoms with Gasteiger partial charge >= 0.3 is 6.18 Å². The van der Waals surface area contributed by atoms with Crippen molar-refractivity contribution in [2.75, 3.05) is 0 Å². The fourth-order valence-electron chi connectivity index (χ4n) is 1.10. The summed E-state index contributed by atoms with van der Waals surface area (Å²) >= 11 is 10.5. The van der Waals surface area contributed by atoms with Gasteiger partial charge in [0, 0.05) is 12.1 Å². The summed E-state index contributed by atoms with van der Waals surface area (Å²) in [7, 11) is 0. The van der Waals surface area contributed by atoms with E-state index in [9.17, 15) is 22.0 Å². The summed E-state index contributed by atoms with van der Waals surface area (Å²) in [5.74, 6) is -0.509. The van der Waals surface area contributed by atoms with E-state index >= 15 is 0 Å². The van der Waals surface area contributed by atoms with Crippen LogP contribution < -0.4 is 0 Å². The van der Waals surface area contributed by atoms with Crippen LogP contribution in [0.25, 0.3) is 0 Å². The number of hydrogen-bond donors (Lipinski definition) is 0. The van der Waals surface area contributed by atoms with E-state index in [4.69, 9.17) is 23.2 Å². The van der Waals surface area contributed by atoms with Crippen molar-refractivity contribution >= 4 is 23.2 Å². The van der Waals surface area contributed by atoms with Crippen molar-refractivity contribution in [2.45, 2.75) is 18.5 Å². The predicted molar refractivity (Wildman–Crippen MR) is 48.8 cm³/mol. The Balaban J connectivity index is 3.47. The molecule has 0 saturated carbocycles. The molecule has 0 atom stereocenters. The van der Waals surface area contributed by atoms with E-state index in [1.807, 2.05) is 0 Å². The van der Waals surface area contributed by atoms with E-state index in [0.717, 1.165) is 0 Å². The Kier molecular flexibility index (Phi) is 3.96. The summed E-state index contributed by atoms with van der Waals surface area (Å²) in [6, 6.07) is 0. The maximum absolute atomic E-state index is 12.5. The van der Waals surface area contributed by atoms with Gasteiger partial charge in [0.15, 0.2) is 0 Å². The van der Waals surface area contributed by atoms with Gasteiger partial charge in [-0.2, -0.15) is 13.2 Å². The van der Waals surface area contributed by atoms with E-state index in [1.54, 1.807) is 0 Å². The highest BCUT2D eigenvalue weighted by Gasteiger charge is 2.38. The van der Waals surface area contributed by atoms with Gasteiger partial charge in [-0.25, -0.2) is 8.78 Å². The van der Waals surface area contributed by atoms with Crippen LogP contribution in [0, 0.1) is 0 Å². The van der Waals surface area contributed by atoms with E-state index in [0.29, 0.717) is 6.20 Å². The molecule has 1 heterocycles. The normalized spacial score (nSPS) is 12.2. The van der Waals surface area contributed by atoms with E-state index in [-0.39, 0.29) is 0 Å². The highest BCUT2D eigenvalue weighted by molar-refractivity contribution is 6.32. The Labute approximate surface area is 97.2 Å². The Morgan fingerprint density at radius 1 is 1.31 bits per heavy atom. The van der Waals surface area contributed by atoms with E-state index < -0.39 is 40.3 Å². The summed E-state index contributed by atoms with van der Waals surface area (Å²) in [6.45, 7) is 0. The molecule has 8 heteroatoms. The van der Waals surface area contributed by atoms with Crippen LogP contribution in [0.3, 0.4) is 0 Å². The standard InChI is InChI=1S/C8H4Cl2F5N/c9-1-3-2-16-6(7(11)12)5(10)4(3)8(13,14)15/h2,7H,1H2. The number of rotatable bonds is 2. The third-order valence-corrected chi connectivity index (χ3v) is 2.43. The predicted octanol–water partition coefficient (Wildman–Crippen LogP) is 4.43. The van der Waals surface area contributed by atoms with Gasteiger partial charge in [0.2, 0.25) is 0 Å². The van der Waals surface area contributed by atoms with Gasteiger partial charge in [0.25, 0.3) is 6.43 Å². The van der Waals surface area contributed by atoms with Gasteiger partial charge in [0.1, 0.15) is 5.69 Å². The molecule has 1 nitrogen and oxygen atoms in total. The van der Waals surface area contributed by atoms with Crippen LogP contribution in [0.5, 0.6) is 0 Å². The molecule has 16 heavy (non-hydrogen) atoms. The molecule has 0 amide bonds. The fourth-order valence-corrected chi connectivity index (χ4v) is 1.66. The second kappa shape index (κ2) is 4.71. The molecule has 0 bridgehead atoms. The molecule has 0 spiro atoms. The zero-order valence-electron chi connectivity index (χ0n) is 7.45. The fraction of sp³-hybridized carbons (Fsp3) is 0.375. The minimum atomic E-state index is -4.84. The van der Waals surface area contributed by atoms with Crippen molar-refractivity contribution in [2.24, 2.45) is 0 Å². The van der Waals surface area contributed by atoms with Crippen molar-refractivity contribution < 1.29 is 22.0 Å². The second-order valence-electron chi connectivity index (χ2n) is 2.79. The average Bonchev–Trinajstić information content (AvgIpc) is 2.14. The molecule has 0 aromatic carbocycles. The summed E-state index contributed by atoms with van der Waals surface area (Å²) in [4.78, 5) is 3.16. The second-order valence-corrected chi connectivity index (χ2v) is 3.43. The van der Waals surface area contributed by atoms with Gasteiger partial charge in [-0.1, -0.05) is 11.6 Å². The maximum atomic E-state index is 12.5. The molecule has 0 aliphatic heterocycles. The van der Waals surface area contributed by atoms with Crippen LogP contribution in [0.1, 0.15) is 23.2 Å². The van der Waals surface area contributed by atoms with Crippen LogP contribution in [-0.4, -0.2) is 4.98 Å². The van der Waals surface area contributed by atoms with Crippen LogP contribution in [0.4, 0.5) is 22.0 Å². The molecule has 1 rings (SSSR count). The van der Waals surface area contributed by atoms with Crippen molar-refractivity contribution in [1.29, 1.82) is 0 Å². The number of nitrogens with zero attached hydrogens (tertiary/aromatic N) is 1. The first-order valence-corrected chi connectivity index (χ1v) is 4.78. The highest BCUT2D eigenvalue weighted by Crippen LogP contribution is 2.40. The molecule has 0 fully saturated rings. The van der Waals surface area contributed by atoms with Crippen molar-refractivity contribution in [3.05, 3.63) is 28.0 Å². The number of hydrogen-bond acceptors (Lipinski definition) is 1.